The molecule has 8 heteroatoms. The first-order valence-electron chi connectivity index (χ1n) is 8.89. The fourth-order valence-corrected chi connectivity index (χ4v) is 3.98. The summed E-state index contributed by atoms with van der Waals surface area (Å²) in [5, 5.41) is 2.95. The molecule has 0 fully saturated rings. The number of amidine groups is 1. The van der Waals surface area contributed by atoms with Crippen LogP contribution in [-0.2, 0) is 19.6 Å². The van der Waals surface area contributed by atoms with Crippen LogP contribution in [0.15, 0.2) is 34.2 Å². The fourth-order valence-electron chi connectivity index (χ4n) is 2.73. The summed E-state index contributed by atoms with van der Waals surface area (Å²) in [6.07, 6.45) is 3.75. The average Bonchev–Trinajstić information content (AvgIpc) is 2.87. The molecule has 0 spiro atoms. The van der Waals surface area contributed by atoms with Crippen molar-refractivity contribution in [3.05, 3.63) is 29.8 Å². The number of amides is 1. The van der Waals surface area contributed by atoms with Crippen molar-refractivity contribution in [3.63, 3.8) is 0 Å². The van der Waals surface area contributed by atoms with Gasteiger partial charge in [0.25, 0.3) is 10.0 Å². The molecule has 1 aromatic rings. The second kappa shape index (κ2) is 9.68. The summed E-state index contributed by atoms with van der Waals surface area (Å²) < 4.78 is 31.4. The van der Waals surface area contributed by atoms with Crippen LogP contribution in [0, 0.1) is 0 Å². The van der Waals surface area contributed by atoms with Gasteiger partial charge in [0.05, 0.1) is 4.90 Å². The zero-order chi connectivity index (χ0) is 19.0. The van der Waals surface area contributed by atoms with Crippen LogP contribution in [0.25, 0.3) is 0 Å². The van der Waals surface area contributed by atoms with Crippen molar-refractivity contribution in [3.8, 4) is 0 Å². The smallest absolute Gasteiger partial charge is 0.263 e. The van der Waals surface area contributed by atoms with Gasteiger partial charge in [-0.25, -0.2) is 8.42 Å². The predicted octanol–water partition coefficient (Wildman–Crippen LogP) is 1.83. The fraction of sp³-hybridized carbons (Fsp3) is 0.556. The number of aliphatic imine (C=N–C) groups is 1. The molecule has 1 unspecified atom stereocenters. The van der Waals surface area contributed by atoms with Gasteiger partial charge in [-0.15, -0.1) is 0 Å². The summed E-state index contributed by atoms with van der Waals surface area (Å²) in [5.41, 5.74) is 0.622. The van der Waals surface area contributed by atoms with Crippen molar-refractivity contribution in [1.29, 1.82) is 0 Å². The first-order chi connectivity index (χ1) is 12.4. The van der Waals surface area contributed by atoms with E-state index in [2.05, 4.69) is 15.0 Å². The number of unbranched alkanes of at least 4 members (excludes halogenated alkanes) is 2. The van der Waals surface area contributed by atoms with Crippen LogP contribution in [0.4, 0.5) is 0 Å². The lowest BCUT2D eigenvalue weighted by molar-refractivity contribution is -0.121. The molecule has 1 atom stereocenters. The Hall–Kier alpha value is -1.93. The standard InChI is InChI=1S/C18H27N3O4S/c1-14(11-13-25-2)20-17(22)10-4-3-7-12-19-18-15-8-5-6-9-16(15)26(23,24)21-18/h5-6,8-9,14H,3-4,7,10-13H2,1-2H3,(H,19,21)(H,20,22). The summed E-state index contributed by atoms with van der Waals surface area (Å²) in [6, 6.07) is 6.93. The van der Waals surface area contributed by atoms with E-state index in [0.29, 0.717) is 31.0 Å². The zero-order valence-electron chi connectivity index (χ0n) is 15.3. The average molecular weight is 381 g/mol. The largest absolute Gasteiger partial charge is 0.385 e. The third-order valence-corrected chi connectivity index (χ3v) is 5.55. The van der Waals surface area contributed by atoms with Gasteiger partial charge in [0.2, 0.25) is 5.91 Å². The molecule has 0 aromatic heterocycles. The number of carbonyl (C=O) groups excluding carboxylic acids is 1. The molecule has 0 aliphatic carbocycles. The number of sulfonamides is 1. The maximum Gasteiger partial charge on any atom is 0.263 e. The highest BCUT2D eigenvalue weighted by atomic mass is 32.2. The summed E-state index contributed by atoms with van der Waals surface area (Å²) in [7, 11) is -1.83. The molecule has 1 heterocycles. The molecular formula is C18H27N3O4S. The lowest BCUT2D eigenvalue weighted by Gasteiger charge is -2.13. The number of benzene rings is 1. The van der Waals surface area contributed by atoms with Gasteiger partial charge < -0.3 is 10.1 Å². The van der Waals surface area contributed by atoms with E-state index in [0.717, 1.165) is 25.7 Å². The Morgan fingerprint density at radius 1 is 1.27 bits per heavy atom. The second-order valence-corrected chi connectivity index (χ2v) is 8.04. The topological polar surface area (TPSA) is 96.9 Å². The van der Waals surface area contributed by atoms with Crippen LogP contribution in [0.1, 0.15) is 44.6 Å². The molecule has 2 N–H and O–H groups in total. The van der Waals surface area contributed by atoms with Gasteiger partial charge in [-0.3, -0.25) is 14.5 Å². The number of methoxy groups -OCH3 is 1. The lowest BCUT2D eigenvalue weighted by Crippen LogP contribution is -2.33. The number of ether oxygens (including phenoxy) is 1. The van der Waals surface area contributed by atoms with Gasteiger partial charge in [-0.05, 0) is 38.3 Å². The van der Waals surface area contributed by atoms with Crippen molar-refractivity contribution in [2.24, 2.45) is 4.99 Å². The summed E-state index contributed by atoms with van der Waals surface area (Å²) in [4.78, 5) is 16.5. The normalized spacial score (nSPS) is 17.5. The van der Waals surface area contributed by atoms with Crippen LogP contribution >= 0.6 is 0 Å². The maximum absolute atomic E-state index is 12.0. The molecule has 0 bridgehead atoms. The number of fused-ring (bicyclic) bond motifs is 1. The Morgan fingerprint density at radius 3 is 2.81 bits per heavy atom. The van der Waals surface area contributed by atoms with Crippen LogP contribution in [0.3, 0.4) is 0 Å². The van der Waals surface area contributed by atoms with Gasteiger partial charge in [0.1, 0.15) is 5.84 Å². The van der Waals surface area contributed by atoms with Crippen LogP contribution in [-0.4, -0.2) is 46.5 Å². The van der Waals surface area contributed by atoms with Crippen molar-refractivity contribution in [1.82, 2.24) is 10.0 Å². The number of carbonyl (C=O) groups is 1. The number of hydrogen-bond donors (Lipinski definition) is 2. The highest BCUT2D eigenvalue weighted by molar-refractivity contribution is 7.90. The van der Waals surface area contributed by atoms with Crippen LogP contribution in [0.5, 0.6) is 0 Å². The molecule has 1 aliphatic rings. The van der Waals surface area contributed by atoms with E-state index in [1.165, 1.54) is 0 Å². The minimum absolute atomic E-state index is 0.0531. The monoisotopic (exact) mass is 381 g/mol. The zero-order valence-corrected chi connectivity index (χ0v) is 16.1. The summed E-state index contributed by atoms with van der Waals surface area (Å²) in [5.74, 6) is 0.461. The van der Waals surface area contributed by atoms with Crippen molar-refractivity contribution in [2.45, 2.75) is 50.0 Å². The third kappa shape index (κ3) is 5.81. The molecule has 26 heavy (non-hydrogen) atoms. The quantitative estimate of drug-likeness (QED) is 0.604. The van der Waals surface area contributed by atoms with Gasteiger partial charge in [-0.1, -0.05) is 18.6 Å². The highest BCUT2D eigenvalue weighted by Gasteiger charge is 2.29. The van der Waals surface area contributed by atoms with E-state index in [1.807, 2.05) is 6.92 Å². The third-order valence-electron chi connectivity index (χ3n) is 4.16. The molecule has 2 rings (SSSR count). The molecule has 144 valence electrons. The van der Waals surface area contributed by atoms with E-state index in [-0.39, 0.29) is 16.8 Å². The van der Waals surface area contributed by atoms with Gasteiger partial charge in [0.15, 0.2) is 0 Å². The van der Waals surface area contributed by atoms with Crippen LogP contribution < -0.4 is 10.0 Å². The first kappa shape index (κ1) is 20.4. The summed E-state index contributed by atoms with van der Waals surface area (Å²) >= 11 is 0. The van der Waals surface area contributed by atoms with E-state index in [1.54, 1.807) is 31.4 Å². The molecule has 1 aromatic carbocycles. The maximum atomic E-state index is 12.0. The molecule has 0 radical (unpaired) electrons. The molecule has 0 saturated carbocycles. The number of rotatable bonds is 10. The highest BCUT2D eigenvalue weighted by Crippen LogP contribution is 2.22. The Kier molecular flexibility index (Phi) is 7.59. The molecular weight excluding hydrogens is 354 g/mol. The first-order valence-corrected chi connectivity index (χ1v) is 10.4. The van der Waals surface area contributed by atoms with Gasteiger partial charge in [-0.2, -0.15) is 0 Å². The second-order valence-electron chi connectivity index (χ2n) is 6.39. The Labute approximate surface area is 155 Å². The summed E-state index contributed by atoms with van der Waals surface area (Å²) in [6.45, 7) is 3.13. The van der Waals surface area contributed by atoms with E-state index < -0.39 is 10.0 Å². The van der Waals surface area contributed by atoms with Gasteiger partial charge in [0, 0.05) is 38.3 Å². The number of nitrogens with one attached hydrogen (secondary N) is 2. The Balaban J connectivity index is 1.68. The van der Waals surface area contributed by atoms with Crippen molar-refractivity contribution < 1.29 is 17.9 Å². The van der Waals surface area contributed by atoms with Crippen molar-refractivity contribution >= 4 is 21.8 Å². The SMILES string of the molecule is COCCC(C)NC(=O)CCCCCN=C1NS(=O)(=O)c2ccccc21. The van der Waals surface area contributed by atoms with Crippen LogP contribution in [0.2, 0.25) is 0 Å². The van der Waals surface area contributed by atoms with Gasteiger partial charge >= 0.3 is 0 Å². The number of hydrogen-bond acceptors (Lipinski definition) is 5. The number of nitrogens with zero attached hydrogens (tertiary/aromatic N) is 1. The van der Waals surface area contributed by atoms with Crippen molar-refractivity contribution in [2.75, 3.05) is 20.3 Å². The minimum Gasteiger partial charge on any atom is -0.385 e. The Bertz CT molecular complexity index is 747. The molecule has 0 saturated heterocycles. The van der Waals surface area contributed by atoms with E-state index in [9.17, 15) is 13.2 Å². The predicted molar refractivity (Wildman–Crippen MR) is 101 cm³/mol. The molecule has 7 nitrogen and oxygen atoms in total. The Morgan fingerprint density at radius 2 is 2.04 bits per heavy atom. The molecule has 1 amide bonds. The molecule has 1 aliphatic heterocycles. The van der Waals surface area contributed by atoms with E-state index >= 15 is 0 Å². The minimum atomic E-state index is -3.47. The van der Waals surface area contributed by atoms with E-state index in [4.69, 9.17) is 4.74 Å². The lowest BCUT2D eigenvalue weighted by atomic mass is 10.1.